The van der Waals surface area contributed by atoms with Crippen LogP contribution in [-0.4, -0.2) is 26.4 Å². The lowest BCUT2D eigenvalue weighted by molar-refractivity contribution is -0.704. The van der Waals surface area contributed by atoms with Gasteiger partial charge < -0.3 is 24.0 Å². The Morgan fingerprint density at radius 3 is 2.54 bits per heavy atom. The Kier molecular flexibility index (Phi) is 7.41. The van der Waals surface area contributed by atoms with Crippen molar-refractivity contribution >= 4 is 16.7 Å². The molecule has 3 aromatic heterocycles. The summed E-state index contributed by atoms with van der Waals surface area (Å²) < 4.78 is 4.61. The lowest BCUT2D eigenvalue weighted by Crippen LogP contribution is -3.00. The molecule has 26 heavy (non-hydrogen) atoms. The van der Waals surface area contributed by atoms with Gasteiger partial charge in [-0.25, -0.2) is 4.98 Å². The summed E-state index contributed by atoms with van der Waals surface area (Å²) in [6.07, 6.45) is 6.74. The molecule has 0 radical (unpaired) electrons. The van der Waals surface area contributed by atoms with Crippen molar-refractivity contribution in [2.24, 2.45) is 0 Å². The molecule has 0 atom stereocenters. The first-order chi connectivity index (χ1) is 12.0. The Bertz CT molecular complexity index is 846. The molecule has 0 fully saturated rings. The van der Waals surface area contributed by atoms with Crippen molar-refractivity contribution in [1.82, 2.24) is 14.3 Å². The summed E-state index contributed by atoms with van der Waals surface area (Å²) in [5.74, 6) is 0. The van der Waals surface area contributed by atoms with E-state index in [1.807, 2.05) is 6.07 Å². The van der Waals surface area contributed by atoms with E-state index < -0.39 is 0 Å². The molecule has 3 rings (SSSR count). The van der Waals surface area contributed by atoms with Crippen LogP contribution in [0.25, 0.3) is 16.7 Å². The number of imidazole rings is 1. The molecule has 0 aliphatic rings. The van der Waals surface area contributed by atoms with Gasteiger partial charge in [-0.2, -0.15) is 4.57 Å². The Morgan fingerprint density at radius 2 is 1.88 bits per heavy atom. The van der Waals surface area contributed by atoms with Gasteiger partial charge in [-0.3, -0.25) is 9.30 Å². The average Bonchev–Trinajstić information content (AvgIpc) is 2.94. The molecule has 0 aliphatic heterocycles. The molecule has 142 valence electrons. The minimum absolute atomic E-state index is 0. The molecule has 0 saturated heterocycles. The minimum atomic E-state index is 0. The summed E-state index contributed by atoms with van der Waals surface area (Å²) in [7, 11) is 0. The lowest BCUT2D eigenvalue weighted by atomic mass is 10.2. The van der Waals surface area contributed by atoms with Gasteiger partial charge in [0.05, 0.1) is 12.1 Å². The Labute approximate surface area is 174 Å². The summed E-state index contributed by atoms with van der Waals surface area (Å²) in [5.41, 5.74) is 4.66. The van der Waals surface area contributed by atoms with Gasteiger partial charge in [-0.15, -0.1) is 0 Å². The maximum Gasteiger partial charge on any atom is 0.197 e. The van der Waals surface area contributed by atoms with Crippen LogP contribution >= 0.6 is 0 Å². The topological polar surface area (TPSA) is 24.4 Å². The van der Waals surface area contributed by atoms with E-state index in [4.69, 9.17) is 4.98 Å². The molecule has 3 heterocycles. The van der Waals surface area contributed by atoms with E-state index >= 15 is 0 Å². The molecule has 0 spiro atoms. The third-order valence-corrected chi connectivity index (χ3v) is 4.97. The van der Waals surface area contributed by atoms with Crippen LogP contribution in [0.4, 0.5) is 0 Å². The monoisotopic (exact) mass is 466 g/mol. The van der Waals surface area contributed by atoms with Crippen LogP contribution in [0.1, 0.15) is 53.2 Å². The highest BCUT2D eigenvalue weighted by Gasteiger charge is 2.22. The van der Waals surface area contributed by atoms with Crippen molar-refractivity contribution in [3.63, 3.8) is 0 Å². The number of unbranched alkanes of at least 4 members (excludes halogenated alkanes) is 1. The van der Waals surface area contributed by atoms with Crippen LogP contribution in [0, 0.1) is 0 Å². The zero-order chi connectivity index (χ0) is 18.0. The second-order valence-corrected chi connectivity index (χ2v) is 7.48. The van der Waals surface area contributed by atoms with E-state index in [0.717, 1.165) is 24.3 Å². The Hall–Kier alpha value is -1.21. The van der Waals surface area contributed by atoms with Gasteiger partial charge in [0.25, 0.3) is 0 Å². The lowest BCUT2D eigenvalue weighted by Gasteiger charge is -2.29. The minimum Gasteiger partial charge on any atom is -1.00 e. The third kappa shape index (κ3) is 4.36. The Morgan fingerprint density at radius 1 is 1.15 bits per heavy atom. The average molecular weight is 466 g/mol. The first-order valence-electron chi connectivity index (χ1n) is 9.56. The van der Waals surface area contributed by atoms with Gasteiger partial charge >= 0.3 is 0 Å². The van der Waals surface area contributed by atoms with Crippen LogP contribution in [-0.2, 0) is 13.1 Å². The number of hydrogen-bond acceptors (Lipinski definition) is 2. The van der Waals surface area contributed by atoms with Gasteiger partial charge in [-0.05, 0) is 39.8 Å². The molecule has 0 saturated carbocycles. The number of hydrogen-bond donors (Lipinski definition) is 0. The summed E-state index contributed by atoms with van der Waals surface area (Å²) in [4.78, 5) is 7.35. The maximum atomic E-state index is 4.80. The fourth-order valence-corrected chi connectivity index (χ4v) is 3.56. The predicted molar refractivity (Wildman–Crippen MR) is 104 cm³/mol. The van der Waals surface area contributed by atoms with Crippen LogP contribution in [0.15, 0.2) is 36.7 Å². The Balaban J connectivity index is 0.00000243. The first-order valence-corrected chi connectivity index (χ1v) is 9.56. The van der Waals surface area contributed by atoms with Gasteiger partial charge in [0.1, 0.15) is 12.2 Å². The standard InChI is InChI=1S/C21H31N4.HI/c1-6-7-11-23-15-19-20(24-12-9-8-10-21(24)22-19)13-18(23)14-25(16(2)3)17(4)5;/h8-10,12-13,15-17H,6-7,11,14H2,1-5H3;1H/q+1;/p-1. The number of aryl methyl sites for hydroxylation is 1. The largest absolute Gasteiger partial charge is 1.00 e. The predicted octanol–water partition coefficient (Wildman–Crippen LogP) is 1.20. The molecular weight excluding hydrogens is 435 g/mol. The molecule has 5 heteroatoms. The number of aromatic nitrogens is 3. The summed E-state index contributed by atoms with van der Waals surface area (Å²) >= 11 is 0. The maximum absolute atomic E-state index is 4.80. The van der Waals surface area contributed by atoms with E-state index in [1.165, 1.54) is 24.1 Å². The smallest absolute Gasteiger partial charge is 0.197 e. The summed E-state index contributed by atoms with van der Waals surface area (Å²) in [5, 5.41) is 0. The fraction of sp³-hybridized carbons (Fsp3) is 0.524. The molecule has 0 N–H and O–H groups in total. The van der Waals surface area contributed by atoms with Gasteiger partial charge in [-0.1, -0.05) is 19.4 Å². The van der Waals surface area contributed by atoms with E-state index in [-0.39, 0.29) is 24.0 Å². The second kappa shape index (κ2) is 9.13. The summed E-state index contributed by atoms with van der Waals surface area (Å²) in [6, 6.07) is 9.58. The van der Waals surface area contributed by atoms with Crippen molar-refractivity contribution in [2.45, 2.75) is 72.6 Å². The van der Waals surface area contributed by atoms with E-state index in [9.17, 15) is 0 Å². The van der Waals surface area contributed by atoms with Crippen LogP contribution < -0.4 is 28.5 Å². The molecule has 3 aromatic rings. The molecule has 0 aromatic carbocycles. The molecule has 0 bridgehead atoms. The van der Waals surface area contributed by atoms with Gasteiger partial charge in [0.15, 0.2) is 17.4 Å². The van der Waals surface area contributed by atoms with Crippen LogP contribution in [0.5, 0.6) is 0 Å². The van der Waals surface area contributed by atoms with E-state index in [1.54, 1.807) is 0 Å². The highest BCUT2D eigenvalue weighted by Crippen LogP contribution is 2.18. The fourth-order valence-electron chi connectivity index (χ4n) is 3.56. The van der Waals surface area contributed by atoms with E-state index in [0.29, 0.717) is 12.1 Å². The SMILES string of the molecule is CCCC[n+]1cc2nc3ccccn3c2cc1CN(C(C)C)C(C)C.[I-]. The molecule has 4 nitrogen and oxygen atoms in total. The van der Waals surface area contributed by atoms with Gasteiger partial charge in [0.2, 0.25) is 0 Å². The van der Waals surface area contributed by atoms with Crippen molar-refractivity contribution in [3.05, 3.63) is 42.4 Å². The second-order valence-electron chi connectivity index (χ2n) is 7.48. The molecule has 0 aliphatic carbocycles. The van der Waals surface area contributed by atoms with Crippen LogP contribution in [0.3, 0.4) is 0 Å². The number of fused-ring (bicyclic) bond motifs is 3. The van der Waals surface area contributed by atoms with Crippen molar-refractivity contribution in [3.8, 4) is 0 Å². The molecular formula is C21H31IN4. The van der Waals surface area contributed by atoms with E-state index in [2.05, 4.69) is 79.1 Å². The zero-order valence-corrected chi connectivity index (χ0v) is 18.8. The van der Waals surface area contributed by atoms with Gasteiger partial charge in [0, 0.05) is 30.8 Å². The number of nitrogens with zero attached hydrogens (tertiary/aromatic N) is 4. The highest BCUT2D eigenvalue weighted by atomic mass is 127. The highest BCUT2D eigenvalue weighted by molar-refractivity contribution is 5.79. The van der Waals surface area contributed by atoms with Crippen molar-refractivity contribution in [2.75, 3.05) is 0 Å². The quantitative estimate of drug-likeness (QED) is 0.386. The summed E-state index contributed by atoms with van der Waals surface area (Å²) in [6.45, 7) is 13.4. The normalized spacial score (nSPS) is 11.8. The number of halogens is 1. The van der Waals surface area contributed by atoms with Crippen molar-refractivity contribution in [1.29, 1.82) is 0 Å². The number of pyridine rings is 2. The molecule has 0 amide bonds. The first kappa shape index (κ1) is 21.1. The third-order valence-electron chi connectivity index (χ3n) is 4.97. The number of rotatable bonds is 7. The van der Waals surface area contributed by atoms with Crippen LogP contribution in [0.2, 0.25) is 0 Å². The zero-order valence-electron chi connectivity index (χ0n) is 16.6. The molecule has 0 unspecified atom stereocenters. The van der Waals surface area contributed by atoms with Crippen molar-refractivity contribution < 1.29 is 28.5 Å².